The van der Waals surface area contributed by atoms with Gasteiger partial charge in [0.1, 0.15) is 11.9 Å². The summed E-state index contributed by atoms with van der Waals surface area (Å²) in [6, 6.07) is 3.53. The van der Waals surface area contributed by atoms with Gasteiger partial charge < -0.3 is 10.1 Å². The lowest BCUT2D eigenvalue weighted by molar-refractivity contribution is -0.146. The number of nitrogens with zero attached hydrogens (tertiary/aromatic N) is 1. The average molecular weight is 315 g/mol. The number of rotatable bonds is 4. The Morgan fingerprint density at radius 2 is 2.33 bits per heavy atom. The summed E-state index contributed by atoms with van der Waals surface area (Å²) in [6.45, 7) is 1.45. The van der Waals surface area contributed by atoms with Crippen molar-refractivity contribution in [2.24, 2.45) is 0 Å². The first-order valence-electron chi connectivity index (χ1n) is 6.53. The minimum Gasteiger partial charge on any atom is -0.469 e. The monoisotopic (exact) mass is 314 g/mol. The van der Waals surface area contributed by atoms with Crippen molar-refractivity contribution in [2.75, 3.05) is 20.2 Å². The lowest BCUT2D eigenvalue weighted by Gasteiger charge is -2.34. The van der Waals surface area contributed by atoms with Crippen LogP contribution >= 0.6 is 11.6 Å². The van der Waals surface area contributed by atoms with Gasteiger partial charge in [0.25, 0.3) is 0 Å². The molecule has 1 fully saturated rings. The van der Waals surface area contributed by atoms with Gasteiger partial charge in [-0.1, -0.05) is 17.7 Å². The minimum atomic E-state index is -0.604. The molecule has 21 heavy (non-hydrogen) atoms. The molecule has 1 N–H and O–H groups in total. The summed E-state index contributed by atoms with van der Waals surface area (Å²) >= 11 is 6.01. The summed E-state index contributed by atoms with van der Waals surface area (Å²) in [5, 5.41) is 3.02. The molecule has 114 valence electrons. The maximum absolute atomic E-state index is 13.1. The Labute approximate surface area is 127 Å². The Hall–Kier alpha value is -1.66. The van der Waals surface area contributed by atoms with Crippen LogP contribution in [0.5, 0.6) is 0 Å². The zero-order chi connectivity index (χ0) is 15.4. The number of ether oxygens (including phenoxy) is 1. The molecule has 5 nitrogen and oxygen atoms in total. The Morgan fingerprint density at radius 1 is 1.57 bits per heavy atom. The van der Waals surface area contributed by atoms with E-state index in [9.17, 15) is 14.0 Å². The van der Waals surface area contributed by atoms with Crippen LogP contribution in [0.3, 0.4) is 0 Å². The molecular formula is C14H16ClFN2O3. The standard InChI is InChI=1S/C14H16ClFN2O3/c1-21-13(19)7-12-14(20)17-4-5-18(12)8-9-2-3-10(16)6-11(9)15/h2-3,6,12H,4-5,7-8H2,1H3,(H,17,20). The van der Waals surface area contributed by atoms with Gasteiger partial charge in [0.05, 0.1) is 13.5 Å². The van der Waals surface area contributed by atoms with E-state index in [0.717, 1.165) is 0 Å². The van der Waals surface area contributed by atoms with Gasteiger partial charge >= 0.3 is 5.97 Å². The number of piperazine rings is 1. The van der Waals surface area contributed by atoms with Crippen LogP contribution in [0, 0.1) is 5.82 Å². The molecule has 0 bridgehead atoms. The van der Waals surface area contributed by atoms with Crippen LogP contribution in [-0.2, 0) is 20.9 Å². The Balaban J connectivity index is 2.14. The lowest BCUT2D eigenvalue weighted by atomic mass is 10.1. The Morgan fingerprint density at radius 3 is 3.00 bits per heavy atom. The number of methoxy groups -OCH3 is 1. The number of nitrogens with one attached hydrogen (secondary N) is 1. The number of hydrogen-bond acceptors (Lipinski definition) is 4. The van der Waals surface area contributed by atoms with Crippen molar-refractivity contribution in [3.63, 3.8) is 0 Å². The van der Waals surface area contributed by atoms with E-state index in [-0.39, 0.29) is 12.3 Å². The highest BCUT2D eigenvalue weighted by atomic mass is 35.5. The first-order chi connectivity index (χ1) is 10.0. The van der Waals surface area contributed by atoms with E-state index < -0.39 is 17.8 Å². The molecule has 2 rings (SSSR count). The number of esters is 1. The predicted molar refractivity (Wildman–Crippen MR) is 75.3 cm³/mol. The molecule has 0 saturated carbocycles. The van der Waals surface area contributed by atoms with E-state index >= 15 is 0 Å². The summed E-state index contributed by atoms with van der Waals surface area (Å²) in [6.07, 6.45) is -0.0266. The molecule has 1 heterocycles. The summed E-state index contributed by atoms with van der Waals surface area (Å²) in [7, 11) is 1.28. The van der Waals surface area contributed by atoms with E-state index in [0.29, 0.717) is 30.2 Å². The van der Waals surface area contributed by atoms with Crippen LogP contribution in [0.25, 0.3) is 0 Å². The fourth-order valence-electron chi connectivity index (χ4n) is 2.28. The van der Waals surface area contributed by atoms with Gasteiger partial charge in [-0.3, -0.25) is 14.5 Å². The topological polar surface area (TPSA) is 58.6 Å². The highest BCUT2D eigenvalue weighted by Crippen LogP contribution is 2.21. The number of amides is 1. The second-order valence-electron chi connectivity index (χ2n) is 4.79. The normalized spacial score (nSPS) is 19.2. The minimum absolute atomic E-state index is 0.0266. The third-order valence-electron chi connectivity index (χ3n) is 3.42. The molecule has 1 aromatic rings. The first-order valence-corrected chi connectivity index (χ1v) is 6.91. The molecule has 1 atom stereocenters. The third-order valence-corrected chi connectivity index (χ3v) is 3.77. The number of hydrogen-bond donors (Lipinski definition) is 1. The van der Waals surface area contributed by atoms with Crippen molar-refractivity contribution in [3.8, 4) is 0 Å². The smallest absolute Gasteiger partial charge is 0.307 e. The summed E-state index contributed by atoms with van der Waals surface area (Å²) < 4.78 is 17.7. The Bertz CT molecular complexity index is 553. The van der Waals surface area contributed by atoms with Crippen molar-refractivity contribution in [1.82, 2.24) is 10.2 Å². The van der Waals surface area contributed by atoms with Crippen LogP contribution in [0.15, 0.2) is 18.2 Å². The number of carbonyl (C=O) groups is 2. The fraction of sp³-hybridized carbons (Fsp3) is 0.429. The molecule has 1 aromatic carbocycles. The van der Waals surface area contributed by atoms with E-state index in [1.165, 1.54) is 19.2 Å². The van der Waals surface area contributed by atoms with E-state index in [1.54, 1.807) is 6.07 Å². The third kappa shape index (κ3) is 3.92. The van der Waals surface area contributed by atoms with Crippen LogP contribution < -0.4 is 5.32 Å². The number of halogens is 2. The van der Waals surface area contributed by atoms with Gasteiger partial charge in [0.15, 0.2) is 0 Å². The largest absolute Gasteiger partial charge is 0.469 e. The highest BCUT2D eigenvalue weighted by Gasteiger charge is 2.32. The van der Waals surface area contributed by atoms with Gasteiger partial charge in [-0.25, -0.2) is 4.39 Å². The van der Waals surface area contributed by atoms with Crippen molar-refractivity contribution in [3.05, 3.63) is 34.6 Å². The van der Waals surface area contributed by atoms with Crippen LogP contribution in [0.4, 0.5) is 4.39 Å². The van der Waals surface area contributed by atoms with Gasteiger partial charge in [0.2, 0.25) is 5.91 Å². The molecule has 0 aliphatic carbocycles. The van der Waals surface area contributed by atoms with E-state index in [1.807, 2.05) is 4.90 Å². The maximum Gasteiger partial charge on any atom is 0.307 e. The average Bonchev–Trinajstić information content (AvgIpc) is 2.45. The molecule has 0 radical (unpaired) electrons. The number of benzene rings is 1. The molecule has 1 amide bonds. The molecule has 0 spiro atoms. The molecular weight excluding hydrogens is 299 g/mol. The van der Waals surface area contributed by atoms with Gasteiger partial charge in [-0.2, -0.15) is 0 Å². The molecule has 1 unspecified atom stereocenters. The summed E-state index contributed by atoms with van der Waals surface area (Å²) in [5.41, 5.74) is 0.711. The number of carbonyl (C=O) groups excluding carboxylic acids is 2. The maximum atomic E-state index is 13.1. The molecule has 1 aliphatic rings. The van der Waals surface area contributed by atoms with Crippen molar-refractivity contribution >= 4 is 23.5 Å². The van der Waals surface area contributed by atoms with Crippen molar-refractivity contribution in [2.45, 2.75) is 19.0 Å². The van der Waals surface area contributed by atoms with E-state index in [2.05, 4.69) is 10.1 Å². The SMILES string of the molecule is COC(=O)CC1C(=O)NCCN1Cc1ccc(F)cc1Cl. The molecule has 1 saturated heterocycles. The van der Waals surface area contributed by atoms with Crippen LogP contribution in [0.1, 0.15) is 12.0 Å². The van der Waals surface area contributed by atoms with Crippen LogP contribution in [-0.4, -0.2) is 43.0 Å². The molecule has 1 aliphatic heterocycles. The summed E-state index contributed by atoms with van der Waals surface area (Å²) in [5.74, 6) is -1.08. The Kier molecular flexibility index (Phi) is 5.14. The zero-order valence-corrected chi connectivity index (χ0v) is 12.3. The zero-order valence-electron chi connectivity index (χ0n) is 11.6. The van der Waals surface area contributed by atoms with Crippen LogP contribution in [0.2, 0.25) is 5.02 Å². The highest BCUT2D eigenvalue weighted by molar-refractivity contribution is 6.31. The molecule has 7 heteroatoms. The van der Waals surface area contributed by atoms with E-state index in [4.69, 9.17) is 11.6 Å². The fourth-order valence-corrected chi connectivity index (χ4v) is 2.51. The second-order valence-corrected chi connectivity index (χ2v) is 5.20. The van der Waals surface area contributed by atoms with Gasteiger partial charge in [0, 0.05) is 24.7 Å². The quantitative estimate of drug-likeness (QED) is 0.852. The second kappa shape index (κ2) is 6.87. The first kappa shape index (κ1) is 15.7. The van der Waals surface area contributed by atoms with Gasteiger partial charge in [-0.05, 0) is 17.7 Å². The summed E-state index contributed by atoms with van der Waals surface area (Å²) in [4.78, 5) is 25.2. The lowest BCUT2D eigenvalue weighted by Crippen LogP contribution is -2.55. The van der Waals surface area contributed by atoms with Crippen molar-refractivity contribution < 1.29 is 18.7 Å². The molecule has 0 aromatic heterocycles. The van der Waals surface area contributed by atoms with Gasteiger partial charge in [-0.15, -0.1) is 0 Å². The predicted octanol–water partition coefficient (Wildman–Crippen LogP) is 1.34. The van der Waals surface area contributed by atoms with Crippen molar-refractivity contribution in [1.29, 1.82) is 0 Å².